The molecule has 1 N–H and O–H groups in total. The van der Waals surface area contributed by atoms with Crippen LogP contribution in [0.25, 0.3) is 0 Å². The molecule has 11 heteroatoms. The van der Waals surface area contributed by atoms with Gasteiger partial charge in [0.15, 0.2) is 11.5 Å². The Kier molecular flexibility index (Phi) is 5.32. The highest BCUT2D eigenvalue weighted by Gasteiger charge is 2.16. The van der Waals surface area contributed by atoms with Gasteiger partial charge in [-0.25, -0.2) is 13.9 Å². The molecule has 23 heavy (non-hydrogen) atoms. The van der Waals surface area contributed by atoms with Crippen molar-refractivity contribution in [1.82, 2.24) is 14.9 Å². The summed E-state index contributed by atoms with van der Waals surface area (Å²) < 4.78 is 59.8. The van der Waals surface area contributed by atoms with Crippen molar-refractivity contribution in [1.29, 1.82) is 0 Å². The molecule has 1 heterocycles. The zero-order valence-corrected chi connectivity index (χ0v) is 12.4. The van der Waals surface area contributed by atoms with Crippen molar-refractivity contribution in [3.63, 3.8) is 0 Å². The van der Waals surface area contributed by atoms with Crippen LogP contribution >= 0.6 is 12.2 Å². The molecule has 6 nitrogen and oxygen atoms in total. The number of nitrogens with zero attached hydrogens (tertiary/aromatic N) is 3. The lowest BCUT2D eigenvalue weighted by molar-refractivity contribution is -0.0512. The third-order valence-corrected chi connectivity index (χ3v) is 2.86. The molecule has 0 saturated heterocycles. The fourth-order valence-corrected chi connectivity index (χ4v) is 1.83. The molecule has 0 fully saturated rings. The highest BCUT2D eigenvalue weighted by atomic mass is 32.1. The molecule has 0 atom stereocenters. The maximum Gasteiger partial charge on any atom is 0.387 e. The van der Waals surface area contributed by atoms with E-state index in [0.29, 0.717) is 5.56 Å². The van der Waals surface area contributed by atoms with Crippen LogP contribution in [0.4, 0.5) is 17.6 Å². The molecule has 0 amide bonds. The zero-order chi connectivity index (χ0) is 17.0. The van der Waals surface area contributed by atoms with Crippen molar-refractivity contribution < 1.29 is 27.0 Å². The van der Waals surface area contributed by atoms with Crippen LogP contribution in [0.5, 0.6) is 11.5 Å². The Hall–Kier alpha value is -2.43. The summed E-state index contributed by atoms with van der Waals surface area (Å²) >= 11 is 4.79. The number of methoxy groups -OCH3 is 1. The number of hydrogen-bond donors (Lipinski definition) is 1. The Morgan fingerprint density at radius 2 is 2.04 bits per heavy atom. The first kappa shape index (κ1) is 16.9. The molecule has 0 bridgehead atoms. The van der Waals surface area contributed by atoms with E-state index >= 15 is 0 Å². The van der Waals surface area contributed by atoms with Crippen LogP contribution in [-0.4, -0.2) is 34.8 Å². The molecule has 0 unspecified atom stereocenters. The minimum atomic E-state index is -3.00. The fourth-order valence-electron chi connectivity index (χ4n) is 1.64. The second-order valence-electron chi connectivity index (χ2n) is 4.03. The molecule has 0 aliphatic rings. The normalized spacial score (nSPS) is 11.6. The van der Waals surface area contributed by atoms with Crippen LogP contribution in [-0.2, 0) is 0 Å². The highest BCUT2D eigenvalue weighted by Crippen LogP contribution is 2.29. The number of benzene rings is 1. The van der Waals surface area contributed by atoms with Crippen molar-refractivity contribution >= 4 is 18.4 Å². The number of H-pyrrole nitrogens is 1. The molecule has 0 aliphatic heterocycles. The van der Waals surface area contributed by atoms with E-state index in [9.17, 15) is 17.6 Å². The van der Waals surface area contributed by atoms with Crippen LogP contribution in [0.3, 0.4) is 0 Å². The van der Waals surface area contributed by atoms with E-state index in [0.717, 1.165) is 4.68 Å². The van der Waals surface area contributed by atoms with Crippen LogP contribution in [0, 0.1) is 4.77 Å². The lowest BCUT2D eigenvalue weighted by Gasteiger charge is -2.09. The summed E-state index contributed by atoms with van der Waals surface area (Å²) in [6, 6.07) is 4.00. The van der Waals surface area contributed by atoms with Gasteiger partial charge in [-0.1, -0.05) is 0 Å². The Balaban J connectivity index is 2.30. The van der Waals surface area contributed by atoms with Gasteiger partial charge in [0.05, 0.1) is 13.3 Å². The summed E-state index contributed by atoms with van der Waals surface area (Å²) in [4.78, 5) is 0. The highest BCUT2D eigenvalue weighted by molar-refractivity contribution is 7.71. The molecule has 0 aliphatic carbocycles. The third-order valence-electron chi connectivity index (χ3n) is 2.60. The molecular formula is C12H10F4N4O2S. The summed E-state index contributed by atoms with van der Waals surface area (Å²) in [6.07, 6.45) is -1.66. The van der Waals surface area contributed by atoms with Gasteiger partial charge in [0.1, 0.15) is 0 Å². The van der Waals surface area contributed by atoms with Gasteiger partial charge in [-0.15, -0.1) is 0 Å². The number of nitrogens with one attached hydrogen (secondary N) is 1. The van der Waals surface area contributed by atoms with E-state index in [1.54, 1.807) is 0 Å². The number of hydrogen-bond acceptors (Lipinski definition) is 5. The molecule has 1 aromatic carbocycles. The van der Waals surface area contributed by atoms with E-state index in [-0.39, 0.29) is 16.3 Å². The van der Waals surface area contributed by atoms with Gasteiger partial charge in [0, 0.05) is 0 Å². The van der Waals surface area contributed by atoms with Crippen LogP contribution in [0.1, 0.15) is 17.8 Å². The summed E-state index contributed by atoms with van der Waals surface area (Å²) in [6.45, 7) is -3.00. The number of ether oxygens (including phenoxy) is 2. The SMILES string of the molecule is COc1cc(/C=N/n2c(C(F)F)n[nH]c2=S)ccc1OC(F)F. The minimum absolute atomic E-state index is 0.0409. The number of aromatic nitrogens is 3. The maximum atomic E-state index is 12.7. The predicted molar refractivity (Wildman–Crippen MR) is 75.0 cm³/mol. The summed E-state index contributed by atoms with van der Waals surface area (Å²) in [5.74, 6) is -0.761. The first-order chi connectivity index (χ1) is 10.9. The zero-order valence-electron chi connectivity index (χ0n) is 11.5. The molecular weight excluding hydrogens is 340 g/mol. The fraction of sp³-hybridized carbons (Fsp3) is 0.250. The lowest BCUT2D eigenvalue weighted by Crippen LogP contribution is -2.04. The summed E-state index contributed by atoms with van der Waals surface area (Å²) in [5, 5.41) is 9.36. The second-order valence-corrected chi connectivity index (χ2v) is 4.42. The van der Waals surface area contributed by atoms with Gasteiger partial charge in [0.25, 0.3) is 6.43 Å². The second kappa shape index (κ2) is 7.22. The first-order valence-corrected chi connectivity index (χ1v) is 6.46. The van der Waals surface area contributed by atoms with E-state index < -0.39 is 18.9 Å². The quantitative estimate of drug-likeness (QED) is 0.493. The lowest BCUT2D eigenvalue weighted by atomic mass is 10.2. The third kappa shape index (κ3) is 4.06. The molecule has 124 valence electrons. The van der Waals surface area contributed by atoms with Crippen LogP contribution < -0.4 is 9.47 Å². The average molecular weight is 350 g/mol. The Bertz CT molecular complexity index is 760. The van der Waals surface area contributed by atoms with E-state index in [1.807, 2.05) is 0 Å². The predicted octanol–water partition coefficient (Wildman–Crippen LogP) is 3.37. The minimum Gasteiger partial charge on any atom is -0.493 e. The summed E-state index contributed by atoms with van der Waals surface area (Å²) in [7, 11) is 1.27. The van der Waals surface area contributed by atoms with E-state index in [4.69, 9.17) is 17.0 Å². The standard InChI is InChI=1S/C12H10F4N4O2S/c1-21-8-4-6(2-3-7(8)22-11(15)16)5-17-20-10(9(13)14)18-19-12(20)23/h2-5,9,11H,1H3,(H,19,23)/b17-5+. The van der Waals surface area contributed by atoms with Crippen LogP contribution in [0.15, 0.2) is 23.3 Å². The number of aromatic amines is 1. The monoisotopic (exact) mass is 350 g/mol. The van der Waals surface area contributed by atoms with Gasteiger partial charge in [0.2, 0.25) is 10.6 Å². The molecule has 0 saturated carbocycles. The molecule has 2 rings (SSSR count). The van der Waals surface area contributed by atoms with Gasteiger partial charge in [-0.3, -0.25) is 0 Å². The Morgan fingerprint density at radius 1 is 1.30 bits per heavy atom. The van der Waals surface area contributed by atoms with Gasteiger partial charge in [-0.2, -0.15) is 23.7 Å². The number of rotatable bonds is 6. The van der Waals surface area contributed by atoms with Crippen molar-refractivity contribution in [2.75, 3.05) is 7.11 Å². The molecule has 0 radical (unpaired) electrons. The van der Waals surface area contributed by atoms with Gasteiger partial charge < -0.3 is 9.47 Å². The maximum absolute atomic E-state index is 12.7. The summed E-state index contributed by atoms with van der Waals surface area (Å²) in [5.41, 5.74) is 0.395. The van der Waals surface area contributed by atoms with Crippen molar-refractivity contribution in [3.8, 4) is 11.5 Å². The topological polar surface area (TPSA) is 64.4 Å². The number of halogens is 4. The van der Waals surface area contributed by atoms with E-state index in [2.05, 4.69) is 20.0 Å². The van der Waals surface area contributed by atoms with Crippen molar-refractivity contribution in [2.45, 2.75) is 13.0 Å². The van der Waals surface area contributed by atoms with Gasteiger partial charge >= 0.3 is 6.61 Å². The van der Waals surface area contributed by atoms with Crippen molar-refractivity contribution in [3.05, 3.63) is 34.4 Å². The molecule has 1 aromatic heterocycles. The average Bonchev–Trinajstić information content (AvgIpc) is 2.87. The van der Waals surface area contributed by atoms with Crippen LogP contribution in [0.2, 0.25) is 0 Å². The van der Waals surface area contributed by atoms with Gasteiger partial charge in [-0.05, 0) is 36.0 Å². The van der Waals surface area contributed by atoms with E-state index in [1.165, 1.54) is 31.5 Å². The smallest absolute Gasteiger partial charge is 0.387 e. The largest absolute Gasteiger partial charge is 0.493 e. The Labute approximate surface area is 132 Å². The molecule has 2 aromatic rings. The van der Waals surface area contributed by atoms with Crippen molar-refractivity contribution in [2.24, 2.45) is 5.10 Å². The molecule has 0 spiro atoms. The first-order valence-electron chi connectivity index (χ1n) is 6.05. The number of alkyl halides is 4. The Morgan fingerprint density at radius 3 is 2.65 bits per heavy atom.